The molecule has 7 nitrogen and oxygen atoms in total. The average Bonchev–Trinajstić information content (AvgIpc) is 3.44. The molecular formula is C23H28N6O. The number of benzene rings is 1. The largest absolute Gasteiger partial charge is 0.355 e. The van der Waals surface area contributed by atoms with Gasteiger partial charge in [0.05, 0.1) is 0 Å². The lowest BCUT2D eigenvalue weighted by atomic mass is 10.0. The smallest absolute Gasteiger partial charge is 0.220 e. The first-order valence-corrected chi connectivity index (χ1v) is 11.1. The van der Waals surface area contributed by atoms with E-state index in [0.717, 1.165) is 48.8 Å². The van der Waals surface area contributed by atoms with E-state index in [4.69, 9.17) is 5.10 Å². The number of nitrogens with one attached hydrogen (secondary N) is 1. The van der Waals surface area contributed by atoms with E-state index < -0.39 is 0 Å². The normalized spacial score (nSPS) is 18.2. The molecule has 2 fully saturated rings. The zero-order chi connectivity index (χ0) is 20.3. The molecule has 1 saturated carbocycles. The topological polar surface area (TPSA) is 75.4 Å². The molecule has 3 heterocycles. The predicted octanol–water partition coefficient (Wildman–Crippen LogP) is 3.46. The van der Waals surface area contributed by atoms with Crippen molar-refractivity contribution in [2.45, 2.75) is 51.0 Å². The summed E-state index contributed by atoms with van der Waals surface area (Å²) in [6, 6.07) is 14.3. The van der Waals surface area contributed by atoms with Crippen molar-refractivity contribution in [3.05, 3.63) is 42.5 Å². The van der Waals surface area contributed by atoms with Crippen molar-refractivity contribution in [2.75, 3.05) is 18.0 Å². The van der Waals surface area contributed by atoms with Crippen molar-refractivity contribution in [1.29, 1.82) is 0 Å². The zero-order valence-corrected chi connectivity index (χ0v) is 17.2. The molecule has 1 aromatic carbocycles. The minimum Gasteiger partial charge on any atom is -0.355 e. The molecule has 30 heavy (non-hydrogen) atoms. The third-order valence-corrected chi connectivity index (χ3v) is 6.41. The Balaban J connectivity index is 1.23. The van der Waals surface area contributed by atoms with Crippen molar-refractivity contribution < 1.29 is 4.79 Å². The van der Waals surface area contributed by atoms with Gasteiger partial charge in [0.1, 0.15) is 5.82 Å². The third-order valence-electron chi connectivity index (χ3n) is 6.41. The molecule has 2 aromatic heterocycles. The highest BCUT2D eigenvalue weighted by Gasteiger charge is 2.24. The lowest BCUT2D eigenvalue weighted by Gasteiger charge is -2.33. The quantitative estimate of drug-likeness (QED) is 0.705. The first-order chi connectivity index (χ1) is 14.8. The second kappa shape index (κ2) is 8.42. The van der Waals surface area contributed by atoms with Crippen LogP contribution in [0.15, 0.2) is 42.5 Å². The van der Waals surface area contributed by atoms with Gasteiger partial charge in [-0.1, -0.05) is 43.2 Å². The van der Waals surface area contributed by atoms with Gasteiger partial charge in [0.25, 0.3) is 0 Å². The Kier molecular flexibility index (Phi) is 5.34. The minimum absolute atomic E-state index is 0.233. The maximum Gasteiger partial charge on any atom is 0.220 e. The Morgan fingerprint density at radius 2 is 1.73 bits per heavy atom. The molecule has 3 aromatic rings. The molecule has 1 N–H and O–H groups in total. The van der Waals surface area contributed by atoms with Gasteiger partial charge in [0.2, 0.25) is 5.91 Å². The van der Waals surface area contributed by atoms with Gasteiger partial charge in [0.15, 0.2) is 11.5 Å². The molecule has 1 amide bonds. The first-order valence-electron chi connectivity index (χ1n) is 11.1. The zero-order valence-electron chi connectivity index (χ0n) is 17.2. The van der Waals surface area contributed by atoms with Crippen molar-refractivity contribution >= 4 is 17.4 Å². The molecule has 5 rings (SSSR count). The SMILES string of the molecule is O=C(CC1CCCC1)NC1CCN(c2ccc3nnc(-c4ccccc4)n3n2)CC1. The molecule has 2 aliphatic rings. The van der Waals surface area contributed by atoms with Gasteiger partial charge in [-0.25, -0.2) is 0 Å². The van der Waals surface area contributed by atoms with Crippen LogP contribution in [0.3, 0.4) is 0 Å². The predicted molar refractivity (Wildman–Crippen MR) is 116 cm³/mol. The van der Waals surface area contributed by atoms with Gasteiger partial charge in [0, 0.05) is 31.1 Å². The second-order valence-corrected chi connectivity index (χ2v) is 8.53. The van der Waals surface area contributed by atoms with Gasteiger partial charge in [-0.3, -0.25) is 4.79 Å². The summed E-state index contributed by atoms with van der Waals surface area (Å²) in [7, 11) is 0. The summed E-state index contributed by atoms with van der Waals surface area (Å²) in [5.41, 5.74) is 1.74. The summed E-state index contributed by atoms with van der Waals surface area (Å²) in [6.45, 7) is 1.77. The molecule has 156 valence electrons. The molecule has 1 aliphatic carbocycles. The van der Waals surface area contributed by atoms with Gasteiger partial charge in [-0.05, 0) is 43.7 Å². The fourth-order valence-electron chi connectivity index (χ4n) is 4.73. The molecule has 0 bridgehead atoms. The van der Waals surface area contributed by atoms with Crippen LogP contribution >= 0.6 is 0 Å². The van der Waals surface area contributed by atoms with E-state index >= 15 is 0 Å². The van der Waals surface area contributed by atoms with E-state index in [0.29, 0.717) is 12.3 Å². The van der Waals surface area contributed by atoms with Crippen LogP contribution in [0.2, 0.25) is 0 Å². The van der Waals surface area contributed by atoms with Crippen LogP contribution in [0.4, 0.5) is 5.82 Å². The van der Waals surface area contributed by atoms with Crippen LogP contribution in [-0.4, -0.2) is 44.8 Å². The number of rotatable bonds is 5. The summed E-state index contributed by atoms with van der Waals surface area (Å²) in [6.07, 6.45) is 7.60. The van der Waals surface area contributed by atoms with Gasteiger partial charge in [-0.2, -0.15) is 4.52 Å². The van der Waals surface area contributed by atoms with E-state index in [1.807, 2.05) is 47.0 Å². The summed E-state index contributed by atoms with van der Waals surface area (Å²) in [5.74, 6) is 2.51. The lowest BCUT2D eigenvalue weighted by Crippen LogP contribution is -2.45. The minimum atomic E-state index is 0.233. The average molecular weight is 405 g/mol. The molecule has 1 saturated heterocycles. The van der Waals surface area contributed by atoms with Crippen LogP contribution < -0.4 is 10.2 Å². The molecule has 0 spiro atoms. The van der Waals surface area contributed by atoms with Gasteiger partial charge in [-0.15, -0.1) is 15.3 Å². The van der Waals surface area contributed by atoms with E-state index in [1.54, 1.807) is 0 Å². The molecule has 0 radical (unpaired) electrons. The van der Waals surface area contributed by atoms with E-state index in [-0.39, 0.29) is 11.9 Å². The van der Waals surface area contributed by atoms with Gasteiger partial charge >= 0.3 is 0 Å². The molecular weight excluding hydrogens is 376 g/mol. The molecule has 0 atom stereocenters. The van der Waals surface area contributed by atoms with Crippen LogP contribution in [-0.2, 0) is 4.79 Å². The fraction of sp³-hybridized carbons (Fsp3) is 0.478. The number of hydrogen-bond acceptors (Lipinski definition) is 5. The van der Waals surface area contributed by atoms with E-state index in [1.165, 1.54) is 25.7 Å². The van der Waals surface area contributed by atoms with Crippen molar-refractivity contribution in [3.8, 4) is 11.4 Å². The van der Waals surface area contributed by atoms with Crippen molar-refractivity contribution in [1.82, 2.24) is 25.1 Å². The molecule has 0 unspecified atom stereocenters. The molecule has 1 aliphatic heterocycles. The third kappa shape index (κ3) is 4.01. The summed E-state index contributed by atoms with van der Waals surface area (Å²) < 4.78 is 1.82. The number of fused-ring (bicyclic) bond motifs is 1. The standard InChI is InChI=1S/C23H28N6O/c30-22(16-17-6-4-5-7-17)24-19-12-14-28(15-13-19)21-11-10-20-25-26-23(29(20)27-21)18-8-2-1-3-9-18/h1-3,8-11,17,19H,4-7,12-16H2,(H,24,30). The Bertz CT molecular complexity index is 1000. The number of amides is 1. The Morgan fingerprint density at radius 1 is 0.967 bits per heavy atom. The first kappa shape index (κ1) is 19.0. The number of carbonyl (C=O) groups excluding carboxylic acids is 1. The van der Waals surface area contributed by atoms with Crippen LogP contribution in [0, 0.1) is 5.92 Å². The maximum atomic E-state index is 12.4. The van der Waals surface area contributed by atoms with E-state index in [9.17, 15) is 4.79 Å². The van der Waals surface area contributed by atoms with Crippen molar-refractivity contribution in [3.63, 3.8) is 0 Å². The Labute approximate surface area is 176 Å². The van der Waals surface area contributed by atoms with Crippen molar-refractivity contribution in [2.24, 2.45) is 5.92 Å². The number of piperidine rings is 1. The number of hydrogen-bond donors (Lipinski definition) is 1. The fourth-order valence-corrected chi connectivity index (χ4v) is 4.73. The Morgan fingerprint density at radius 3 is 2.50 bits per heavy atom. The summed E-state index contributed by atoms with van der Waals surface area (Å²) in [5, 5.41) is 16.7. The van der Waals surface area contributed by atoms with E-state index in [2.05, 4.69) is 20.4 Å². The monoisotopic (exact) mass is 404 g/mol. The summed E-state index contributed by atoms with van der Waals surface area (Å²) >= 11 is 0. The van der Waals surface area contributed by atoms with Crippen LogP contribution in [0.1, 0.15) is 44.9 Å². The maximum absolute atomic E-state index is 12.4. The Hall–Kier alpha value is -2.96. The van der Waals surface area contributed by atoms with Crippen LogP contribution in [0.5, 0.6) is 0 Å². The number of nitrogens with zero attached hydrogens (tertiary/aromatic N) is 5. The highest BCUT2D eigenvalue weighted by molar-refractivity contribution is 5.76. The highest BCUT2D eigenvalue weighted by atomic mass is 16.1. The highest BCUT2D eigenvalue weighted by Crippen LogP contribution is 2.27. The number of aromatic nitrogens is 4. The number of carbonyl (C=O) groups is 1. The van der Waals surface area contributed by atoms with Gasteiger partial charge < -0.3 is 10.2 Å². The summed E-state index contributed by atoms with van der Waals surface area (Å²) in [4.78, 5) is 14.6. The van der Waals surface area contributed by atoms with Crippen LogP contribution in [0.25, 0.3) is 17.0 Å². The molecule has 7 heteroatoms. The second-order valence-electron chi connectivity index (χ2n) is 8.53. The number of anilines is 1. The lowest BCUT2D eigenvalue weighted by molar-refractivity contribution is -0.122.